The third kappa shape index (κ3) is 8.14. The molecule has 0 aliphatic heterocycles. The zero-order valence-corrected chi connectivity index (χ0v) is 16.2. The van der Waals surface area contributed by atoms with Crippen molar-refractivity contribution in [3.05, 3.63) is 24.3 Å². The Bertz CT molecular complexity index is 567. The summed E-state index contributed by atoms with van der Waals surface area (Å²) in [4.78, 5) is 34.8. The summed E-state index contributed by atoms with van der Waals surface area (Å²) in [6.07, 6.45) is 9.85. The van der Waals surface area contributed by atoms with E-state index in [1.165, 1.54) is 13.2 Å². The Balaban J connectivity index is 2.42. The number of hydrogen-bond donors (Lipinski definition) is 0. The van der Waals surface area contributed by atoms with E-state index in [1.807, 2.05) is 19.1 Å². The van der Waals surface area contributed by atoms with E-state index in [2.05, 4.69) is 4.74 Å². The predicted octanol–water partition coefficient (Wildman–Crippen LogP) is 4.82. The van der Waals surface area contributed by atoms with Gasteiger partial charge in [0.2, 0.25) is 5.78 Å². The third-order valence-electron chi connectivity index (χ3n) is 4.88. The van der Waals surface area contributed by atoms with E-state index in [4.69, 9.17) is 0 Å². The van der Waals surface area contributed by atoms with E-state index < -0.39 is 18.1 Å². The predicted molar refractivity (Wildman–Crippen MR) is 99.5 cm³/mol. The summed E-state index contributed by atoms with van der Waals surface area (Å²) in [6.45, 7) is 1.81. The standard InChI is InChI=1S/C21H30F2O4/c1-3-4-15-21(22,23)19(25)14-12-16-11-13-18(24)17(16)9-7-5-6-8-10-20(26)27-2/h5,7,11,13,16-17H,3-4,6,8-10,12,14-15H2,1-2H3/b7-5-/t16?,17-/m1/s1. The van der Waals surface area contributed by atoms with Gasteiger partial charge in [-0.05, 0) is 44.1 Å². The van der Waals surface area contributed by atoms with Crippen LogP contribution in [0.3, 0.4) is 0 Å². The number of allylic oxidation sites excluding steroid dienone is 4. The van der Waals surface area contributed by atoms with E-state index in [0.717, 1.165) is 0 Å². The zero-order chi connectivity index (χ0) is 20.3. The number of alkyl halides is 2. The van der Waals surface area contributed by atoms with Crippen molar-refractivity contribution < 1.29 is 27.9 Å². The molecule has 1 aliphatic carbocycles. The molecule has 0 N–H and O–H groups in total. The lowest BCUT2D eigenvalue weighted by atomic mass is 9.86. The van der Waals surface area contributed by atoms with E-state index in [-0.39, 0.29) is 36.4 Å². The van der Waals surface area contributed by atoms with Crippen molar-refractivity contribution in [2.24, 2.45) is 11.8 Å². The van der Waals surface area contributed by atoms with E-state index in [9.17, 15) is 23.2 Å². The molecule has 0 spiro atoms. The molecular formula is C21H30F2O4. The van der Waals surface area contributed by atoms with E-state index >= 15 is 0 Å². The summed E-state index contributed by atoms with van der Waals surface area (Å²) in [5.74, 6) is -5.04. The SMILES string of the molecule is CCCCC(F)(F)C(=O)CCC1C=CC(=O)[C@@H]1C/C=C\CCCC(=O)OC. The monoisotopic (exact) mass is 384 g/mol. The van der Waals surface area contributed by atoms with Crippen LogP contribution in [-0.2, 0) is 19.1 Å². The summed E-state index contributed by atoms with van der Waals surface area (Å²) < 4.78 is 32.1. The van der Waals surface area contributed by atoms with Crippen LogP contribution in [0.1, 0.15) is 64.7 Å². The van der Waals surface area contributed by atoms with Gasteiger partial charge in [0.15, 0.2) is 5.78 Å². The summed E-state index contributed by atoms with van der Waals surface area (Å²) in [7, 11) is 1.35. The number of halogens is 2. The van der Waals surface area contributed by atoms with Crippen LogP contribution in [0, 0.1) is 11.8 Å². The highest BCUT2D eigenvalue weighted by molar-refractivity contribution is 5.94. The van der Waals surface area contributed by atoms with Gasteiger partial charge in [-0.25, -0.2) is 0 Å². The second-order valence-electron chi connectivity index (χ2n) is 6.98. The molecule has 0 heterocycles. The normalized spacial score (nSPS) is 19.8. The van der Waals surface area contributed by atoms with Crippen molar-refractivity contribution in [1.82, 2.24) is 0 Å². The van der Waals surface area contributed by atoms with Crippen LogP contribution >= 0.6 is 0 Å². The Morgan fingerprint density at radius 3 is 2.63 bits per heavy atom. The van der Waals surface area contributed by atoms with Crippen LogP contribution in [0.5, 0.6) is 0 Å². The van der Waals surface area contributed by atoms with Gasteiger partial charge in [0.25, 0.3) is 0 Å². The Labute approximate surface area is 160 Å². The Morgan fingerprint density at radius 1 is 1.22 bits per heavy atom. The molecule has 6 heteroatoms. The maximum atomic E-state index is 13.8. The summed E-state index contributed by atoms with van der Waals surface area (Å²) >= 11 is 0. The molecule has 0 fully saturated rings. The van der Waals surface area contributed by atoms with E-state index in [1.54, 1.807) is 6.08 Å². The number of carbonyl (C=O) groups is 3. The highest BCUT2D eigenvalue weighted by Crippen LogP contribution is 2.32. The van der Waals surface area contributed by atoms with Gasteiger partial charge in [-0.3, -0.25) is 14.4 Å². The van der Waals surface area contributed by atoms with Gasteiger partial charge in [-0.1, -0.05) is 31.6 Å². The minimum atomic E-state index is -3.27. The van der Waals surface area contributed by atoms with Crippen LogP contribution in [0.25, 0.3) is 0 Å². The van der Waals surface area contributed by atoms with Crippen molar-refractivity contribution in [2.75, 3.05) is 7.11 Å². The minimum absolute atomic E-state index is 0.0237. The van der Waals surface area contributed by atoms with Gasteiger partial charge < -0.3 is 4.74 Å². The molecular weight excluding hydrogens is 354 g/mol. The van der Waals surface area contributed by atoms with Crippen LogP contribution in [0.4, 0.5) is 8.78 Å². The van der Waals surface area contributed by atoms with Crippen LogP contribution in [0.2, 0.25) is 0 Å². The quantitative estimate of drug-likeness (QED) is 0.259. The fourth-order valence-corrected chi connectivity index (χ4v) is 3.12. The number of ketones is 2. The van der Waals surface area contributed by atoms with Crippen LogP contribution in [-0.4, -0.2) is 30.6 Å². The number of carbonyl (C=O) groups excluding carboxylic acids is 3. The Morgan fingerprint density at radius 2 is 1.96 bits per heavy atom. The van der Waals surface area contributed by atoms with Crippen molar-refractivity contribution in [1.29, 1.82) is 0 Å². The number of esters is 1. The van der Waals surface area contributed by atoms with Crippen molar-refractivity contribution in [3.63, 3.8) is 0 Å². The molecule has 1 aliphatic rings. The van der Waals surface area contributed by atoms with Crippen molar-refractivity contribution >= 4 is 17.5 Å². The number of unbranched alkanes of at least 4 members (excludes halogenated alkanes) is 2. The van der Waals surface area contributed by atoms with Gasteiger partial charge in [-0.2, -0.15) is 8.78 Å². The van der Waals surface area contributed by atoms with Gasteiger partial charge in [0, 0.05) is 25.2 Å². The maximum absolute atomic E-state index is 13.8. The molecule has 1 rings (SSSR count). The van der Waals surface area contributed by atoms with Crippen molar-refractivity contribution in [2.45, 2.75) is 70.6 Å². The lowest BCUT2D eigenvalue weighted by molar-refractivity contribution is -0.144. The molecule has 0 amide bonds. The fraction of sp³-hybridized carbons (Fsp3) is 0.667. The highest BCUT2D eigenvalue weighted by atomic mass is 19.3. The second kappa shape index (κ2) is 11.8. The Kier molecular flexibility index (Phi) is 10.1. The van der Waals surface area contributed by atoms with Crippen molar-refractivity contribution in [3.8, 4) is 0 Å². The molecule has 0 aromatic rings. The molecule has 0 aromatic heterocycles. The average molecular weight is 384 g/mol. The number of hydrogen-bond acceptors (Lipinski definition) is 4. The Hall–Kier alpha value is -1.85. The van der Waals surface area contributed by atoms with Crippen LogP contribution in [0.15, 0.2) is 24.3 Å². The summed E-state index contributed by atoms with van der Waals surface area (Å²) in [5.41, 5.74) is 0. The molecule has 0 saturated heterocycles. The molecule has 152 valence electrons. The topological polar surface area (TPSA) is 60.4 Å². The summed E-state index contributed by atoms with van der Waals surface area (Å²) in [5, 5.41) is 0. The first kappa shape index (κ1) is 23.2. The minimum Gasteiger partial charge on any atom is -0.469 e. The lowest BCUT2D eigenvalue weighted by Gasteiger charge is -2.19. The smallest absolute Gasteiger partial charge is 0.305 e. The molecule has 0 saturated carbocycles. The lowest BCUT2D eigenvalue weighted by Crippen LogP contribution is -2.29. The largest absolute Gasteiger partial charge is 0.469 e. The number of Topliss-reactive ketones (excluding diaryl/α,β-unsaturated/α-hetero) is 1. The fourth-order valence-electron chi connectivity index (χ4n) is 3.12. The first-order valence-corrected chi connectivity index (χ1v) is 9.66. The summed E-state index contributed by atoms with van der Waals surface area (Å²) in [6, 6.07) is 0. The average Bonchev–Trinajstić information content (AvgIpc) is 3.00. The van der Waals surface area contributed by atoms with Crippen LogP contribution < -0.4 is 0 Å². The molecule has 27 heavy (non-hydrogen) atoms. The zero-order valence-electron chi connectivity index (χ0n) is 16.2. The van der Waals surface area contributed by atoms with Gasteiger partial charge >= 0.3 is 11.9 Å². The van der Waals surface area contributed by atoms with Gasteiger partial charge in [0.05, 0.1) is 7.11 Å². The molecule has 0 bridgehead atoms. The molecule has 2 atom stereocenters. The number of rotatable bonds is 13. The first-order valence-electron chi connectivity index (χ1n) is 9.66. The molecule has 4 nitrogen and oxygen atoms in total. The van der Waals surface area contributed by atoms with Gasteiger partial charge in [0.1, 0.15) is 0 Å². The van der Waals surface area contributed by atoms with E-state index in [0.29, 0.717) is 38.5 Å². The first-order chi connectivity index (χ1) is 12.8. The maximum Gasteiger partial charge on any atom is 0.305 e. The molecule has 0 radical (unpaired) electrons. The third-order valence-corrected chi connectivity index (χ3v) is 4.88. The number of ether oxygens (including phenoxy) is 1. The van der Waals surface area contributed by atoms with Gasteiger partial charge in [-0.15, -0.1) is 0 Å². The molecule has 1 unspecified atom stereocenters. The number of methoxy groups -OCH3 is 1. The molecule has 0 aromatic carbocycles. The second-order valence-corrected chi connectivity index (χ2v) is 6.98. The highest BCUT2D eigenvalue weighted by Gasteiger charge is 2.38.